The fraction of sp³-hybridized carbons (Fsp3) is 0.125. The Balaban J connectivity index is 2.33. The standard InChI is InChI=1S/C16H20S2/c1-3-10-17-14-8-9-15-13(12-14)6-5-7-16(15)18-11-4-2/h3-9,12H,1-2,10-11,17-18H2. The highest BCUT2D eigenvalue weighted by Gasteiger charge is 2.00. The van der Waals surface area contributed by atoms with Crippen LogP contribution in [0.2, 0.25) is 0 Å². The van der Waals surface area contributed by atoms with Crippen molar-refractivity contribution in [2.75, 3.05) is 11.5 Å². The van der Waals surface area contributed by atoms with Gasteiger partial charge in [-0.1, -0.05) is 30.4 Å². The first-order valence-electron chi connectivity index (χ1n) is 6.07. The Morgan fingerprint density at radius 1 is 0.944 bits per heavy atom. The van der Waals surface area contributed by atoms with Crippen molar-refractivity contribution >= 4 is 34.3 Å². The van der Waals surface area contributed by atoms with Gasteiger partial charge in [-0.2, -0.15) is 0 Å². The number of hydrogen-bond donors (Lipinski definition) is 0. The first-order chi connectivity index (χ1) is 8.85. The van der Waals surface area contributed by atoms with Crippen LogP contribution < -0.4 is 0 Å². The third-order valence-corrected chi connectivity index (χ3v) is 5.29. The van der Waals surface area contributed by atoms with Crippen molar-refractivity contribution in [3.63, 3.8) is 0 Å². The van der Waals surface area contributed by atoms with Crippen molar-refractivity contribution in [1.29, 1.82) is 0 Å². The third kappa shape index (κ3) is 3.21. The molecule has 0 bridgehead atoms. The number of fused-ring (bicyclic) bond motifs is 1. The van der Waals surface area contributed by atoms with E-state index in [0.717, 1.165) is 35.0 Å². The zero-order valence-corrected chi connectivity index (χ0v) is 12.4. The smallest absolute Gasteiger partial charge is 0.00607 e. The average molecular weight is 276 g/mol. The SMILES string of the molecule is C=CC[SH2]c1ccc2c([SH2]CC=C)cccc2c1. The molecule has 2 heteroatoms. The largest absolute Gasteiger partial charge is 0.236 e. The van der Waals surface area contributed by atoms with E-state index in [4.69, 9.17) is 0 Å². The molecule has 0 radical (unpaired) electrons. The van der Waals surface area contributed by atoms with Crippen molar-refractivity contribution in [2.24, 2.45) is 0 Å². The summed E-state index contributed by atoms with van der Waals surface area (Å²) < 4.78 is 0. The summed E-state index contributed by atoms with van der Waals surface area (Å²) >= 11 is 1.66. The second kappa shape index (κ2) is 6.72. The third-order valence-electron chi connectivity index (χ3n) is 2.77. The van der Waals surface area contributed by atoms with Gasteiger partial charge in [-0.15, -0.1) is 13.2 Å². The van der Waals surface area contributed by atoms with Gasteiger partial charge in [0.15, 0.2) is 0 Å². The van der Waals surface area contributed by atoms with E-state index in [1.165, 1.54) is 20.6 Å². The van der Waals surface area contributed by atoms with E-state index >= 15 is 0 Å². The van der Waals surface area contributed by atoms with Gasteiger partial charge in [0.05, 0.1) is 0 Å². The summed E-state index contributed by atoms with van der Waals surface area (Å²) in [4.78, 5) is 2.87. The zero-order chi connectivity index (χ0) is 12.8. The topological polar surface area (TPSA) is 0 Å². The van der Waals surface area contributed by atoms with Crippen molar-refractivity contribution < 1.29 is 0 Å². The molecule has 0 unspecified atom stereocenters. The lowest BCUT2D eigenvalue weighted by Crippen LogP contribution is -1.81. The molecule has 18 heavy (non-hydrogen) atoms. The maximum Gasteiger partial charge on any atom is -0.00607 e. The molecule has 0 atom stereocenters. The van der Waals surface area contributed by atoms with E-state index < -0.39 is 0 Å². The minimum Gasteiger partial charge on any atom is -0.236 e. The summed E-state index contributed by atoms with van der Waals surface area (Å²) in [6, 6.07) is 13.4. The molecule has 0 nitrogen and oxygen atoms in total. The van der Waals surface area contributed by atoms with Gasteiger partial charge in [-0.3, -0.25) is 0 Å². The Morgan fingerprint density at radius 2 is 1.72 bits per heavy atom. The molecule has 0 aromatic heterocycles. The highest BCUT2D eigenvalue weighted by atomic mass is 32.2. The molecular weight excluding hydrogens is 256 g/mol. The molecular formula is C16H20S2. The van der Waals surface area contributed by atoms with E-state index in [-0.39, 0.29) is 0 Å². The van der Waals surface area contributed by atoms with Crippen LogP contribution in [0.3, 0.4) is 0 Å². The summed E-state index contributed by atoms with van der Waals surface area (Å²) in [5.41, 5.74) is 0. The van der Waals surface area contributed by atoms with Crippen molar-refractivity contribution in [2.45, 2.75) is 9.79 Å². The quantitative estimate of drug-likeness (QED) is 0.689. The molecule has 2 rings (SSSR count). The van der Waals surface area contributed by atoms with Crippen LogP contribution in [0.15, 0.2) is 71.5 Å². The van der Waals surface area contributed by atoms with Crippen LogP contribution in [0.1, 0.15) is 0 Å². The summed E-state index contributed by atoms with van der Waals surface area (Å²) in [7, 11) is 0. The van der Waals surface area contributed by atoms with Gasteiger partial charge in [-0.05, 0) is 50.3 Å². The average Bonchev–Trinajstić information content (AvgIpc) is 2.42. The normalized spacial score (nSPS) is 12.7. The molecule has 0 aliphatic rings. The second-order valence-corrected chi connectivity index (χ2v) is 6.72. The summed E-state index contributed by atoms with van der Waals surface area (Å²) in [5, 5.41) is 2.75. The van der Waals surface area contributed by atoms with Gasteiger partial charge >= 0.3 is 0 Å². The minimum atomic E-state index is 0.824. The molecule has 0 spiro atoms. The summed E-state index contributed by atoms with van der Waals surface area (Å²) in [6.07, 6.45) is 3.99. The Kier molecular flexibility index (Phi) is 4.97. The second-order valence-electron chi connectivity index (χ2n) is 4.08. The number of hydrogen-bond acceptors (Lipinski definition) is 0. The number of rotatable bonds is 6. The van der Waals surface area contributed by atoms with Crippen LogP contribution in [0.4, 0.5) is 0 Å². The molecule has 96 valence electrons. The number of benzene rings is 2. The molecule has 0 saturated heterocycles. The Hall–Kier alpha value is -1.12. The highest BCUT2D eigenvalue weighted by molar-refractivity contribution is 7.99. The van der Waals surface area contributed by atoms with Gasteiger partial charge in [-0.25, -0.2) is 23.5 Å². The van der Waals surface area contributed by atoms with Gasteiger partial charge in [0.1, 0.15) is 0 Å². The van der Waals surface area contributed by atoms with Gasteiger partial charge in [0.25, 0.3) is 0 Å². The molecule has 0 N–H and O–H groups in total. The lowest BCUT2D eigenvalue weighted by atomic mass is 10.1. The fourth-order valence-electron chi connectivity index (χ4n) is 1.92. The summed E-state index contributed by atoms with van der Waals surface area (Å²) in [6.45, 7) is 7.59. The molecule has 0 aliphatic heterocycles. The fourth-order valence-corrected chi connectivity index (χ4v) is 3.76. The minimum absolute atomic E-state index is 0.824. The first-order valence-corrected chi connectivity index (χ1v) is 8.49. The van der Waals surface area contributed by atoms with Crippen LogP contribution in [-0.4, -0.2) is 11.5 Å². The molecule has 0 heterocycles. The van der Waals surface area contributed by atoms with E-state index in [9.17, 15) is 0 Å². The highest BCUT2D eigenvalue weighted by Crippen LogP contribution is 2.30. The van der Waals surface area contributed by atoms with Crippen LogP contribution in [0, 0.1) is 0 Å². The Bertz CT molecular complexity index is 558. The molecule has 2 aromatic carbocycles. The predicted octanol–water partition coefficient (Wildman–Crippen LogP) is 4.33. The van der Waals surface area contributed by atoms with Crippen LogP contribution >= 0.6 is 23.5 Å². The van der Waals surface area contributed by atoms with Gasteiger partial charge < -0.3 is 0 Å². The molecule has 0 saturated carbocycles. The Labute approximate surface area is 117 Å². The van der Waals surface area contributed by atoms with E-state index in [0.29, 0.717) is 0 Å². The van der Waals surface area contributed by atoms with E-state index in [1.807, 2.05) is 12.2 Å². The maximum absolute atomic E-state index is 3.80. The zero-order valence-electron chi connectivity index (χ0n) is 10.4. The predicted molar refractivity (Wildman–Crippen MR) is 91.4 cm³/mol. The monoisotopic (exact) mass is 276 g/mol. The van der Waals surface area contributed by atoms with Gasteiger partial charge in [0, 0.05) is 0 Å². The first kappa shape index (κ1) is 13.3. The van der Waals surface area contributed by atoms with Crippen LogP contribution in [0.5, 0.6) is 0 Å². The van der Waals surface area contributed by atoms with E-state index in [2.05, 4.69) is 49.6 Å². The Morgan fingerprint density at radius 3 is 2.50 bits per heavy atom. The van der Waals surface area contributed by atoms with Gasteiger partial charge in [0.2, 0.25) is 0 Å². The molecule has 0 amide bonds. The lowest BCUT2D eigenvalue weighted by Gasteiger charge is -2.09. The maximum atomic E-state index is 3.80. The van der Waals surface area contributed by atoms with Crippen molar-refractivity contribution in [1.82, 2.24) is 0 Å². The van der Waals surface area contributed by atoms with E-state index in [1.54, 1.807) is 0 Å². The van der Waals surface area contributed by atoms with Crippen LogP contribution in [0.25, 0.3) is 10.8 Å². The lowest BCUT2D eigenvalue weighted by molar-refractivity contribution is 1.46. The van der Waals surface area contributed by atoms with Crippen molar-refractivity contribution in [3.05, 3.63) is 61.7 Å². The molecule has 0 aliphatic carbocycles. The van der Waals surface area contributed by atoms with Crippen LogP contribution in [-0.2, 0) is 0 Å². The molecule has 2 aromatic rings. The summed E-state index contributed by atoms with van der Waals surface area (Å²) in [5.74, 6) is 2.14. The molecule has 0 fully saturated rings. The van der Waals surface area contributed by atoms with Crippen molar-refractivity contribution in [3.8, 4) is 0 Å².